The first-order chi connectivity index (χ1) is 9.92. The molecule has 2 aromatic carbocycles. The molecule has 2 aromatic rings. The Bertz CT molecular complexity index is 664. The Morgan fingerprint density at radius 1 is 1.24 bits per heavy atom. The van der Waals surface area contributed by atoms with Crippen LogP contribution in [0.1, 0.15) is 17.2 Å². The number of methoxy groups -OCH3 is 1. The predicted molar refractivity (Wildman–Crippen MR) is 80.7 cm³/mol. The van der Waals surface area contributed by atoms with Crippen LogP contribution in [0.25, 0.3) is 0 Å². The molecule has 0 aliphatic carbocycles. The number of aliphatic hydroxyl groups excluding tert-OH is 1. The second-order valence-corrected chi connectivity index (χ2v) is 5.77. The van der Waals surface area contributed by atoms with Crippen LogP contribution in [0.3, 0.4) is 0 Å². The average Bonchev–Trinajstić information content (AvgIpc) is 2.42. The highest BCUT2D eigenvalue weighted by Crippen LogP contribution is 2.37. The molecule has 0 radical (unpaired) electrons. The molecular weight excluding hydrogens is 366 g/mol. The highest BCUT2D eigenvalue weighted by molar-refractivity contribution is 9.10. The maximum Gasteiger partial charge on any atom is 0.159 e. The van der Waals surface area contributed by atoms with Crippen molar-refractivity contribution in [2.75, 3.05) is 7.11 Å². The lowest BCUT2D eigenvalue weighted by molar-refractivity contribution is 0.173. The number of halogens is 4. The summed E-state index contributed by atoms with van der Waals surface area (Å²) in [5.74, 6) is -1.41. The molecule has 21 heavy (non-hydrogen) atoms. The lowest BCUT2D eigenvalue weighted by atomic mass is 10.0. The van der Waals surface area contributed by atoms with Crippen LogP contribution in [0.15, 0.2) is 34.8 Å². The Kier molecular flexibility index (Phi) is 5.19. The lowest BCUT2D eigenvalue weighted by Gasteiger charge is -2.17. The molecule has 1 unspecified atom stereocenters. The fourth-order valence-corrected chi connectivity index (χ4v) is 3.04. The van der Waals surface area contributed by atoms with Crippen LogP contribution in [0.2, 0.25) is 5.02 Å². The molecule has 1 atom stereocenters. The maximum atomic E-state index is 13.2. The van der Waals surface area contributed by atoms with E-state index in [1.54, 1.807) is 12.1 Å². The van der Waals surface area contributed by atoms with E-state index in [9.17, 15) is 13.9 Å². The van der Waals surface area contributed by atoms with Crippen molar-refractivity contribution in [3.05, 3.63) is 62.6 Å². The third-order valence-corrected chi connectivity index (χ3v) is 3.82. The molecule has 0 amide bonds. The van der Waals surface area contributed by atoms with Crippen molar-refractivity contribution in [1.29, 1.82) is 0 Å². The van der Waals surface area contributed by atoms with E-state index in [2.05, 4.69) is 15.9 Å². The minimum absolute atomic E-state index is 0.111. The van der Waals surface area contributed by atoms with Crippen LogP contribution in [0, 0.1) is 11.6 Å². The molecule has 0 saturated carbocycles. The summed E-state index contributed by atoms with van der Waals surface area (Å²) >= 11 is 9.27. The van der Waals surface area contributed by atoms with Crippen LogP contribution in [0.5, 0.6) is 5.75 Å². The van der Waals surface area contributed by atoms with Crippen molar-refractivity contribution in [1.82, 2.24) is 0 Å². The molecule has 6 heteroatoms. The Labute approximate surface area is 134 Å². The van der Waals surface area contributed by atoms with E-state index in [0.717, 1.165) is 12.1 Å². The number of aliphatic hydroxyl groups is 1. The second-order valence-electron chi connectivity index (χ2n) is 4.48. The summed E-state index contributed by atoms with van der Waals surface area (Å²) in [6.45, 7) is 0. The summed E-state index contributed by atoms with van der Waals surface area (Å²) < 4.78 is 31.9. The zero-order valence-corrected chi connectivity index (χ0v) is 13.4. The molecule has 0 fully saturated rings. The van der Waals surface area contributed by atoms with Crippen molar-refractivity contribution in [2.24, 2.45) is 0 Å². The summed E-state index contributed by atoms with van der Waals surface area (Å²) in [5, 5.41) is 10.8. The molecule has 0 bridgehead atoms. The van der Waals surface area contributed by atoms with Crippen molar-refractivity contribution in [3.8, 4) is 5.75 Å². The van der Waals surface area contributed by atoms with Gasteiger partial charge in [-0.05, 0) is 45.8 Å². The number of ether oxygens (including phenoxy) is 1. The third kappa shape index (κ3) is 3.73. The normalized spacial score (nSPS) is 12.3. The van der Waals surface area contributed by atoms with Gasteiger partial charge in [0.2, 0.25) is 0 Å². The van der Waals surface area contributed by atoms with E-state index < -0.39 is 17.7 Å². The first-order valence-electron chi connectivity index (χ1n) is 6.07. The lowest BCUT2D eigenvalue weighted by Crippen LogP contribution is -2.05. The standard InChI is InChI=1S/C15H12BrClF2O2/c1-21-15-10(6-9(17)7-11(15)16)14(20)5-8-2-3-12(18)13(19)4-8/h2-4,6-7,14,20H,5H2,1H3. The van der Waals surface area contributed by atoms with Gasteiger partial charge in [-0.2, -0.15) is 0 Å². The Hall–Kier alpha value is -1.17. The van der Waals surface area contributed by atoms with Gasteiger partial charge in [0.15, 0.2) is 11.6 Å². The fraction of sp³-hybridized carbons (Fsp3) is 0.200. The van der Waals surface area contributed by atoms with Crippen molar-refractivity contribution >= 4 is 27.5 Å². The first kappa shape index (κ1) is 16.2. The first-order valence-corrected chi connectivity index (χ1v) is 7.24. The molecule has 0 spiro atoms. The zero-order valence-electron chi connectivity index (χ0n) is 11.0. The van der Waals surface area contributed by atoms with Crippen LogP contribution in [-0.2, 0) is 6.42 Å². The minimum atomic E-state index is -0.959. The van der Waals surface area contributed by atoms with E-state index in [0.29, 0.717) is 26.4 Å². The average molecular weight is 378 g/mol. The molecule has 2 nitrogen and oxygen atoms in total. The van der Waals surface area contributed by atoms with Gasteiger partial charge >= 0.3 is 0 Å². The van der Waals surface area contributed by atoms with Gasteiger partial charge in [-0.1, -0.05) is 17.7 Å². The van der Waals surface area contributed by atoms with Crippen LogP contribution in [-0.4, -0.2) is 12.2 Å². The third-order valence-electron chi connectivity index (χ3n) is 3.01. The molecule has 0 aliphatic heterocycles. The van der Waals surface area contributed by atoms with Crippen LogP contribution >= 0.6 is 27.5 Å². The highest BCUT2D eigenvalue weighted by Gasteiger charge is 2.18. The predicted octanol–water partition coefficient (Wildman–Crippen LogP) is 4.67. The Balaban J connectivity index is 2.31. The van der Waals surface area contributed by atoms with E-state index in [4.69, 9.17) is 16.3 Å². The number of rotatable bonds is 4. The van der Waals surface area contributed by atoms with Gasteiger partial charge in [-0.25, -0.2) is 8.78 Å². The summed E-state index contributed by atoms with van der Waals surface area (Å²) in [6.07, 6.45) is -0.847. The van der Waals surface area contributed by atoms with E-state index in [1.165, 1.54) is 13.2 Å². The van der Waals surface area contributed by atoms with Gasteiger partial charge in [-0.3, -0.25) is 0 Å². The maximum absolute atomic E-state index is 13.2. The van der Waals surface area contributed by atoms with Gasteiger partial charge in [0.25, 0.3) is 0 Å². The van der Waals surface area contributed by atoms with Crippen molar-refractivity contribution in [2.45, 2.75) is 12.5 Å². The largest absolute Gasteiger partial charge is 0.495 e. The van der Waals surface area contributed by atoms with E-state index >= 15 is 0 Å². The topological polar surface area (TPSA) is 29.5 Å². The van der Waals surface area contributed by atoms with Gasteiger partial charge in [0.1, 0.15) is 5.75 Å². The Morgan fingerprint density at radius 3 is 2.57 bits per heavy atom. The van der Waals surface area contributed by atoms with Crippen LogP contribution < -0.4 is 4.74 Å². The highest BCUT2D eigenvalue weighted by atomic mass is 79.9. The smallest absolute Gasteiger partial charge is 0.159 e. The molecule has 0 saturated heterocycles. The molecule has 0 aromatic heterocycles. The summed E-state index contributed by atoms with van der Waals surface area (Å²) in [6, 6.07) is 6.74. The van der Waals surface area contributed by atoms with Gasteiger partial charge < -0.3 is 9.84 Å². The van der Waals surface area contributed by atoms with E-state index in [-0.39, 0.29) is 6.42 Å². The van der Waals surface area contributed by atoms with Gasteiger partial charge in [-0.15, -0.1) is 0 Å². The number of benzene rings is 2. The monoisotopic (exact) mass is 376 g/mol. The van der Waals surface area contributed by atoms with E-state index in [1.807, 2.05) is 0 Å². The van der Waals surface area contributed by atoms with Crippen LogP contribution in [0.4, 0.5) is 8.78 Å². The summed E-state index contributed by atoms with van der Waals surface area (Å²) in [7, 11) is 1.47. The zero-order chi connectivity index (χ0) is 15.6. The SMILES string of the molecule is COc1c(Br)cc(Cl)cc1C(O)Cc1ccc(F)c(F)c1. The molecule has 0 heterocycles. The second kappa shape index (κ2) is 6.73. The Morgan fingerprint density at radius 2 is 1.95 bits per heavy atom. The fourth-order valence-electron chi connectivity index (χ4n) is 2.04. The van der Waals surface area contributed by atoms with Gasteiger partial charge in [0, 0.05) is 17.0 Å². The molecule has 2 rings (SSSR count). The summed E-state index contributed by atoms with van der Waals surface area (Å²) in [4.78, 5) is 0. The molecule has 112 valence electrons. The minimum Gasteiger partial charge on any atom is -0.495 e. The van der Waals surface area contributed by atoms with Crippen molar-refractivity contribution in [3.63, 3.8) is 0 Å². The van der Waals surface area contributed by atoms with Gasteiger partial charge in [0.05, 0.1) is 17.7 Å². The summed E-state index contributed by atoms with van der Waals surface area (Å²) in [5.41, 5.74) is 0.946. The number of hydrogen-bond acceptors (Lipinski definition) is 2. The quantitative estimate of drug-likeness (QED) is 0.839. The number of hydrogen-bond donors (Lipinski definition) is 1. The molecule has 1 N–H and O–H groups in total. The molecular formula is C15H12BrClF2O2. The molecule has 0 aliphatic rings. The van der Waals surface area contributed by atoms with Crippen molar-refractivity contribution < 1.29 is 18.6 Å².